The normalized spacial score (nSPS) is 23.2. The number of carbonyl (C=O) groups excluding carboxylic acids is 3. The van der Waals surface area contributed by atoms with Gasteiger partial charge in [-0.15, -0.1) is 0 Å². The topological polar surface area (TPSA) is 98.2 Å². The van der Waals surface area contributed by atoms with Crippen LogP contribution < -0.4 is 4.90 Å². The molecule has 3 aliphatic rings. The maximum Gasteiger partial charge on any atom is 0.290 e. The van der Waals surface area contributed by atoms with Crippen LogP contribution in [0.1, 0.15) is 37.3 Å². The highest BCUT2D eigenvalue weighted by Crippen LogP contribution is 2.30. The molecule has 29 heavy (non-hydrogen) atoms. The summed E-state index contributed by atoms with van der Waals surface area (Å²) in [4.78, 5) is 51.7. The Morgan fingerprint density at radius 1 is 1.21 bits per heavy atom. The Bertz CT molecular complexity index is 825. The molecule has 0 aliphatic carbocycles. The van der Waals surface area contributed by atoms with E-state index < -0.39 is 6.04 Å². The van der Waals surface area contributed by atoms with Crippen LogP contribution in [0.15, 0.2) is 18.2 Å². The minimum absolute atomic E-state index is 0.0244. The minimum Gasteiger partial charge on any atom is -0.483 e. The lowest BCUT2D eigenvalue weighted by molar-refractivity contribution is -0.159. The molecular weight excluding hydrogens is 374 g/mol. The van der Waals surface area contributed by atoms with Gasteiger partial charge in [0.2, 0.25) is 17.7 Å². The number of anilines is 1. The summed E-state index contributed by atoms with van der Waals surface area (Å²) in [5, 5.41) is 6.89. The highest BCUT2D eigenvalue weighted by atomic mass is 16.3. The van der Waals surface area contributed by atoms with Crippen molar-refractivity contribution in [2.75, 3.05) is 24.5 Å². The van der Waals surface area contributed by atoms with Crippen molar-refractivity contribution in [1.82, 2.24) is 9.80 Å². The average molecular weight is 401 g/mol. The minimum atomic E-state index is -0.567. The van der Waals surface area contributed by atoms with Gasteiger partial charge < -0.3 is 19.8 Å². The summed E-state index contributed by atoms with van der Waals surface area (Å²) in [5.41, 5.74) is 3.31. The third kappa shape index (κ3) is 3.97. The van der Waals surface area contributed by atoms with Gasteiger partial charge in [0.05, 0.1) is 0 Å². The Balaban J connectivity index is 0.000000755. The molecule has 1 aromatic carbocycles. The van der Waals surface area contributed by atoms with E-state index in [2.05, 4.69) is 6.07 Å². The maximum absolute atomic E-state index is 13.0. The Morgan fingerprint density at radius 2 is 1.93 bits per heavy atom. The molecule has 3 heterocycles. The van der Waals surface area contributed by atoms with Crippen LogP contribution in [0, 0.1) is 6.92 Å². The zero-order valence-electron chi connectivity index (χ0n) is 16.8. The molecule has 0 radical (unpaired) electrons. The fourth-order valence-corrected chi connectivity index (χ4v) is 4.47. The molecular formula is C21H27N3O5. The van der Waals surface area contributed by atoms with Crippen molar-refractivity contribution in [3.8, 4) is 0 Å². The van der Waals surface area contributed by atoms with Crippen LogP contribution in [-0.2, 0) is 25.6 Å². The fraction of sp³-hybridized carbons (Fsp3) is 0.524. The SMILES string of the molecule is Cc1ccc2c(c1)CCCN2C(=O)CN1C(=O)[C@H]2CCCN2C(=O)[C@@H]1C.O=CO. The molecule has 0 spiro atoms. The van der Waals surface area contributed by atoms with Gasteiger partial charge in [0.25, 0.3) is 6.47 Å². The van der Waals surface area contributed by atoms with Gasteiger partial charge in [-0.1, -0.05) is 17.7 Å². The number of carbonyl (C=O) groups is 4. The van der Waals surface area contributed by atoms with E-state index in [1.165, 1.54) is 16.0 Å². The number of hydrogen-bond donors (Lipinski definition) is 1. The third-order valence-corrected chi connectivity index (χ3v) is 5.89. The first kappa shape index (κ1) is 20.8. The van der Waals surface area contributed by atoms with Crippen molar-refractivity contribution < 1.29 is 24.3 Å². The molecule has 2 atom stereocenters. The van der Waals surface area contributed by atoms with Gasteiger partial charge in [0, 0.05) is 18.8 Å². The van der Waals surface area contributed by atoms with E-state index in [0.29, 0.717) is 19.5 Å². The predicted octanol–water partition coefficient (Wildman–Crippen LogP) is 1.20. The number of aryl methyl sites for hydroxylation is 2. The summed E-state index contributed by atoms with van der Waals surface area (Å²) < 4.78 is 0. The number of piperazine rings is 1. The molecule has 4 rings (SSSR count). The molecule has 156 valence electrons. The second-order valence-corrected chi connectivity index (χ2v) is 7.72. The first-order chi connectivity index (χ1) is 13.9. The second kappa shape index (κ2) is 8.63. The second-order valence-electron chi connectivity index (χ2n) is 7.72. The van der Waals surface area contributed by atoms with Crippen LogP contribution in [0.5, 0.6) is 0 Å². The van der Waals surface area contributed by atoms with Crippen LogP contribution >= 0.6 is 0 Å². The van der Waals surface area contributed by atoms with E-state index in [0.717, 1.165) is 24.9 Å². The van der Waals surface area contributed by atoms with E-state index >= 15 is 0 Å². The van der Waals surface area contributed by atoms with Gasteiger partial charge in [0.1, 0.15) is 18.6 Å². The monoisotopic (exact) mass is 401 g/mol. The molecule has 0 aromatic heterocycles. The van der Waals surface area contributed by atoms with Crippen LogP contribution in [0.2, 0.25) is 0 Å². The van der Waals surface area contributed by atoms with E-state index in [1.54, 1.807) is 16.7 Å². The van der Waals surface area contributed by atoms with Crippen LogP contribution in [0.3, 0.4) is 0 Å². The molecule has 8 heteroatoms. The van der Waals surface area contributed by atoms with Gasteiger partial charge in [0.15, 0.2) is 0 Å². The highest BCUT2D eigenvalue weighted by molar-refractivity contribution is 6.02. The lowest BCUT2D eigenvalue weighted by Gasteiger charge is -2.41. The van der Waals surface area contributed by atoms with Crippen LogP contribution in [0.4, 0.5) is 5.69 Å². The van der Waals surface area contributed by atoms with E-state index in [4.69, 9.17) is 9.90 Å². The zero-order valence-corrected chi connectivity index (χ0v) is 16.8. The van der Waals surface area contributed by atoms with Gasteiger partial charge in [-0.2, -0.15) is 0 Å². The van der Waals surface area contributed by atoms with Gasteiger partial charge in [-0.3, -0.25) is 19.2 Å². The highest BCUT2D eigenvalue weighted by Gasteiger charge is 2.46. The summed E-state index contributed by atoms with van der Waals surface area (Å²) in [7, 11) is 0. The first-order valence-electron chi connectivity index (χ1n) is 9.97. The number of amides is 3. The number of carboxylic acid groups (broad SMARTS) is 1. The van der Waals surface area contributed by atoms with E-state index in [-0.39, 0.29) is 36.8 Å². The van der Waals surface area contributed by atoms with Crippen molar-refractivity contribution >= 4 is 29.9 Å². The summed E-state index contributed by atoms with van der Waals surface area (Å²) in [5.74, 6) is -0.215. The number of fused-ring (bicyclic) bond motifs is 2. The van der Waals surface area contributed by atoms with Crippen LogP contribution in [-0.4, -0.2) is 70.8 Å². The largest absolute Gasteiger partial charge is 0.483 e. The number of hydrogen-bond acceptors (Lipinski definition) is 4. The molecule has 2 saturated heterocycles. The van der Waals surface area contributed by atoms with Crippen molar-refractivity contribution in [2.24, 2.45) is 0 Å². The fourth-order valence-electron chi connectivity index (χ4n) is 4.47. The molecule has 1 N–H and O–H groups in total. The molecule has 0 bridgehead atoms. The van der Waals surface area contributed by atoms with Crippen LogP contribution in [0.25, 0.3) is 0 Å². The third-order valence-electron chi connectivity index (χ3n) is 5.89. The molecule has 8 nitrogen and oxygen atoms in total. The molecule has 1 aromatic rings. The van der Waals surface area contributed by atoms with Gasteiger partial charge in [-0.05, 0) is 51.2 Å². The zero-order chi connectivity index (χ0) is 21.1. The molecule has 3 aliphatic heterocycles. The predicted molar refractivity (Wildman–Crippen MR) is 106 cm³/mol. The Kier molecular flexibility index (Phi) is 6.20. The van der Waals surface area contributed by atoms with Gasteiger partial charge >= 0.3 is 0 Å². The molecule has 0 saturated carbocycles. The Labute approximate surface area is 170 Å². The standard InChI is InChI=1S/C20H25N3O3.CH2O2/c1-13-7-8-16-15(11-13)5-3-9-21(16)18(24)12-23-14(2)19(25)22-10-4-6-17(22)20(23)26;2-1-3/h7-8,11,14,17H,3-6,9-10,12H2,1-2H3;1H,(H,2,3)/t14-,17+;/m0./s1. The van der Waals surface area contributed by atoms with Crippen molar-refractivity contribution in [3.63, 3.8) is 0 Å². The Morgan fingerprint density at radius 3 is 2.66 bits per heavy atom. The summed E-state index contributed by atoms with van der Waals surface area (Å²) >= 11 is 0. The van der Waals surface area contributed by atoms with Crippen molar-refractivity contribution in [2.45, 2.75) is 51.6 Å². The lowest BCUT2D eigenvalue weighted by Crippen LogP contribution is -2.63. The van der Waals surface area contributed by atoms with Gasteiger partial charge in [-0.25, -0.2) is 0 Å². The first-order valence-corrected chi connectivity index (χ1v) is 9.97. The smallest absolute Gasteiger partial charge is 0.290 e. The Hall–Kier alpha value is -2.90. The molecule has 3 amide bonds. The maximum atomic E-state index is 13.0. The van der Waals surface area contributed by atoms with Crippen molar-refractivity contribution in [3.05, 3.63) is 29.3 Å². The van der Waals surface area contributed by atoms with E-state index in [9.17, 15) is 14.4 Å². The van der Waals surface area contributed by atoms with Crippen molar-refractivity contribution in [1.29, 1.82) is 0 Å². The quantitative estimate of drug-likeness (QED) is 0.751. The molecule has 0 unspecified atom stereocenters. The lowest BCUT2D eigenvalue weighted by atomic mass is 9.99. The number of benzene rings is 1. The number of nitrogens with zero attached hydrogens (tertiary/aromatic N) is 3. The summed E-state index contributed by atoms with van der Waals surface area (Å²) in [6, 6.07) is 5.20. The number of rotatable bonds is 2. The molecule has 2 fully saturated rings. The summed E-state index contributed by atoms with van der Waals surface area (Å²) in [6.45, 7) is 4.82. The van der Waals surface area contributed by atoms with E-state index in [1.807, 2.05) is 19.1 Å². The summed E-state index contributed by atoms with van der Waals surface area (Å²) in [6.07, 6.45) is 3.44. The average Bonchev–Trinajstić information content (AvgIpc) is 3.19.